The van der Waals surface area contributed by atoms with E-state index in [4.69, 9.17) is 9.84 Å². The molecule has 9 nitrogen and oxygen atoms in total. The van der Waals surface area contributed by atoms with Gasteiger partial charge in [-0.1, -0.05) is 0 Å². The number of fused-ring (bicyclic) bond motifs is 1. The lowest BCUT2D eigenvalue weighted by Crippen LogP contribution is -2.46. The first-order chi connectivity index (χ1) is 12.0. The number of ether oxygens (including phenoxy) is 1. The normalized spacial score (nSPS) is 17.4. The number of carbonyl (C=O) groups is 2. The van der Waals surface area contributed by atoms with Crippen LogP contribution in [0.4, 0.5) is 5.69 Å². The van der Waals surface area contributed by atoms with E-state index in [0.717, 1.165) is 0 Å². The van der Waals surface area contributed by atoms with Crippen LogP contribution in [-0.2, 0) is 9.53 Å². The van der Waals surface area contributed by atoms with Crippen LogP contribution in [0.1, 0.15) is 16.8 Å². The minimum absolute atomic E-state index is 0.120. The van der Waals surface area contributed by atoms with Crippen molar-refractivity contribution < 1.29 is 24.4 Å². The van der Waals surface area contributed by atoms with Crippen LogP contribution in [0.2, 0.25) is 0 Å². The molecule has 1 amide bonds. The first-order valence-electron chi connectivity index (χ1n) is 7.62. The molecule has 9 heteroatoms. The number of nitro benzene ring substituents is 1. The van der Waals surface area contributed by atoms with E-state index in [1.54, 1.807) is 12.1 Å². The maximum Gasteiger partial charge on any atom is 0.306 e. The summed E-state index contributed by atoms with van der Waals surface area (Å²) < 4.78 is 5.36. The van der Waals surface area contributed by atoms with E-state index in [9.17, 15) is 19.7 Å². The molecule has 0 spiro atoms. The highest BCUT2D eigenvalue weighted by Gasteiger charge is 2.28. The Kier molecular flexibility index (Phi) is 4.57. The van der Waals surface area contributed by atoms with Gasteiger partial charge in [0.05, 0.1) is 40.5 Å². The van der Waals surface area contributed by atoms with E-state index >= 15 is 0 Å². The van der Waals surface area contributed by atoms with Gasteiger partial charge in [0.25, 0.3) is 11.6 Å². The number of rotatable bonds is 4. The molecular weight excluding hydrogens is 330 g/mol. The maximum absolute atomic E-state index is 12.8. The lowest BCUT2D eigenvalue weighted by atomic mass is 10.1. The Labute approximate surface area is 142 Å². The molecule has 2 aromatic rings. The predicted molar refractivity (Wildman–Crippen MR) is 86.3 cm³/mol. The number of carboxylic acid groups (broad SMARTS) is 1. The van der Waals surface area contributed by atoms with Crippen LogP contribution in [0.15, 0.2) is 30.5 Å². The standard InChI is InChI=1S/C16H15N3O6/c20-14(21)8-10-9-18(6-7-25-10)16(22)12-3-4-13(19(23)24)11-2-1-5-17-15(11)12/h1-5,10H,6-9H2,(H,20,21). The van der Waals surface area contributed by atoms with Crippen LogP contribution in [0.5, 0.6) is 0 Å². The zero-order valence-electron chi connectivity index (χ0n) is 13.1. The van der Waals surface area contributed by atoms with Gasteiger partial charge < -0.3 is 14.7 Å². The van der Waals surface area contributed by atoms with Crippen LogP contribution in [0, 0.1) is 10.1 Å². The number of benzene rings is 1. The number of nitrogens with zero attached hydrogens (tertiary/aromatic N) is 3. The van der Waals surface area contributed by atoms with E-state index in [1.165, 1.54) is 23.2 Å². The van der Waals surface area contributed by atoms with Crippen molar-refractivity contribution in [2.24, 2.45) is 0 Å². The summed E-state index contributed by atoms with van der Waals surface area (Å²) in [6.07, 6.45) is 0.700. The summed E-state index contributed by atoms with van der Waals surface area (Å²) in [6.45, 7) is 0.707. The fourth-order valence-corrected chi connectivity index (χ4v) is 2.88. The Bertz CT molecular complexity index is 853. The Morgan fingerprint density at radius 2 is 2.20 bits per heavy atom. The fourth-order valence-electron chi connectivity index (χ4n) is 2.88. The van der Waals surface area contributed by atoms with Gasteiger partial charge in [-0.3, -0.25) is 24.7 Å². The Hall–Kier alpha value is -3.07. The predicted octanol–water partition coefficient (Wildman–Crippen LogP) is 1.46. The molecule has 1 saturated heterocycles. The van der Waals surface area contributed by atoms with E-state index in [1.807, 2.05) is 0 Å². The molecule has 0 radical (unpaired) electrons. The van der Waals surface area contributed by atoms with Gasteiger partial charge in [-0.15, -0.1) is 0 Å². The third kappa shape index (κ3) is 3.41. The second-order valence-electron chi connectivity index (χ2n) is 5.63. The second-order valence-corrected chi connectivity index (χ2v) is 5.63. The molecule has 0 bridgehead atoms. The number of non-ortho nitro benzene ring substituents is 1. The number of hydrogen-bond acceptors (Lipinski definition) is 6. The van der Waals surface area contributed by atoms with Gasteiger partial charge in [-0.25, -0.2) is 0 Å². The van der Waals surface area contributed by atoms with Gasteiger partial charge in [0.2, 0.25) is 0 Å². The molecule has 0 saturated carbocycles. The SMILES string of the molecule is O=C(O)CC1CN(C(=O)c2ccc([N+](=O)[O-])c3cccnc23)CCO1. The third-order valence-electron chi connectivity index (χ3n) is 4.00. The molecular formula is C16H15N3O6. The van der Waals surface area contributed by atoms with E-state index in [2.05, 4.69) is 4.98 Å². The average molecular weight is 345 g/mol. The summed E-state index contributed by atoms with van der Waals surface area (Å²) >= 11 is 0. The summed E-state index contributed by atoms with van der Waals surface area (Å²) in [7, 11) is 0. The first-order valence-corrected chi connectivity index (χ1v) is 7.62. The average Bonchev–Trinajstić information content (AvgIpc) is 2.59. The van der Waals surface area contributed by atoms with Gasteiger partial charge >= 0.3 is 5.97 Å². The number of hydrogen-bond donors (Lipinski definition) is 1. The molecule has 130 valence electrons. The summed E-state index contributed by atoms with van der Waals surface area (Å²) in [4.78, 5) is 39.9. The minimum Gasteiger partial charge on any atom is -0.481 e. The zero-order valence-corrected chi connectivity index (χ0v) is 13.1. The molecule has 1 aliphatic heterocycles. The van der Waals surface area contributed by atoms with Crippen molar-refractivity contribution in [3.63, 3.8) is 0 Å². The Morgan fingerprint density at radius 3 is 2.92 bits per heavy atom. The van der Waals surface area contributed by atoms with Gasteiger partial charge in [0.1, 0.15) is 0 Å². The van der Waals surface area contributed by atoms with Crippen molar-refractivity contribution in [1.29, 1.82) is 0 Å². The first kappa shape index (κ1) is 16.8. The van der Waals surface area contributed by atoms with Crippen molar-refractivity contribution in [3.8, 4) is 0 Å². The van der Waals surface area contributed by atoms with Gasteiger partial charge in [0.15, 0.2) is 0 Å². The lowest BCUT2D eigenvalue weighted by Gasteiger charge is -2.32. The van der Waals surface area contributed by atoms with Crippen molar-refractivity contribution in [3.05, 3.63) is 46.1 Å². The number of nitro groups is 1. The molecule has 1 unspecified atom stereocenters. The number of pyridine rings is 1. The molecule has 0 aliphatic carbocycles. The number of carbonyl (C=O) groups excluding carboxylic acids is 1. The highest BCUT2D eigenvalue weighted by atomic mass is 16.6. The molecule has 25 heavy (non-hydrogen) atoms. The summed E-state index contributed by atoms with van der Waals surface area (Å²) in [5.41, 5.74) is 0.380. The summed E-state index contributed by atoms with van der Waals surface area (Å²) in [5, 5.41) is 20.3. The van der Waals surface area contributed by atoms with Crippen molar-refractivity contribution in [1.82, 2.24) is 9.88 Å². The largest absolute Gasteiger partial charge is 0.481 e. The van der Waals surface area contributed by atoms with Crippen molar-refractivity contribution in [2.75, 3.05) is 19.7 Å². The lowest BCUT2D eigenvalue weighted by molar-refractivity contribution is -0.383. The molecule has 3 rings (SSSR count). The summed E-state index contributed by atoms with van der Waals surface area (Å²) in [5.74, 6) is -1.35. The van der Waals surface area contributed by atoms with Crippen LogP contribution in [-0.4, -0.2) is 57.6 Å². The highest BCUT2D eigenvalue weighted by molar-refractivity contribution is 6.07. The van der Waals surface area contributed by atoms with Crippen LogP contribution in [0.3, 0.4) is 0 Å². The van der Waals surface area contributed by atoms with E-state index in [0.29, 0.717) is 6.54 Å². The molecule has 1 N–H and O–H groups in total. The van der Waals surface area contributed by atoms with Gasteiger partial charge in [-0.05, 0) is 18.2 Å². The number of aromatic nitrogens is 1. The van der Waals surface area contributed by atoms with Crippen molar-refractivity contribution in [2.45, 2.75) is 12.5 Å². The van der Waals surface area contributed by atoms with E-state index < -0.39 is 17.0 Å². The minimum atomic E-state index is -0.998. The van der Waals surface area contributed by atoms with Crippen LogP contribution in [0.25, 0.3) is 10.9 Å². The molecule has 1 aliphatic rings. The monoisotopic (exact) mass is 345 g/mol. The van der Waals surface area contributed by atoms with E-state index in [-0.39, 0.29) is 47.6 Å². The molecule has 1 aromatic carbocycles. The van der Waals surface area contributed by atoms with Crippen LogP contribution >= 0.6 is 0 Å². The highest BCUT2D eigenvalue weighted by Crippen LogP contribution is 2.28. The molecule has 1 atom stereocenters. The van der Waals surface area contributed by atoms with Gasteiger partial charge in [0, 0.05) is 25.4 Å². The Morgan fingerprint density at radius 1 is 1.40 bits per heavy atom. The third-order valence-corrected chi connectivity index (χ3v) is 4.00. The zero-order chi connectivity index (χ0) is 18.0. The fraction of sp³-hybridized carbons (Fsp3) is 0.312. The molecule has 2 heterocycles. The van der Waals surface area contributed by atoms with Gasteiger partial charge in [-0.2, -0.15) is 0 Å². The Balaban J connectivity index is 1.94. The van der Waals surface area contributed by atoms with Crippen molar-refractivity contribution >= 4 is 28.5 Å². The summed E-state index contributed by atoms with van der Waals surface area (Å²) in [6, 6.07) is 5.79. The second kappa shape index (κ2) is 6.81. The maximum atomic E-state index is 12.8. The molecule has 1 aromatic heterocycles. The smallest absolute Gasteiger partial charge is 0.306 e. The number of aliphatic carboxylic acids is 1. The molecule has 1 fully saturated rings. The van der Waals surface area contributed by atoms with Crippen LogP contribution < -0.4 is 0 Å². The topological polar surface area (TPSA) is 123 Å². The number of amides is 1. The number of carboxylic acids is 1. The number of morpholine rings is 1. The quantitative estimate of drug-likeness (QED) is 0.657.